The van der Waals surface area contributed by atoms with Gasteiger partial charge in [-0.1, -0.05) is 0 Å². The van der Waals surface area contributed by atoms with Gasteiger partial charge in [-0.2, -0.15) is 0 Å². The number of halogens is 8. The Morgan fingerprint density at radius 2 is 0.946 bits per heavy atom. The minimum absolute atomic E-state index is 0. The molecule has 0 heterocycles. The van der Waals surface area contributed by atoms with Crippen molar-refractivity contribution in [2.45, 2.75) is 103 Å². The zero-order valence-electron chi connectivity index (χ0n) is 33.8. The van der Waals surface area contributed by atoms with E-state index in [-0.39, 0.29) is 50.6 Å². The summed E-state index contributed by atoms with van der Waals surface area (Å²) >= 11 is -3.84. The summed E-state index contributed by atoms with van der Waals surface area (Å²) in [6.45, 7) is 23.8. The molecule has 0 nitrogen and oxygen atoms in total. The van der Waals surface area contributed by atoms with Crippen molar-refractivity contribution in [3.63, 3.8) is 0 Å². The molecule has 4 aromatic carbocycles. The minimum Gasteiger partial charge on any atom is -1.00 e. The second-order valence-electron chi connectivity index (χ2n) is 18.1. The first-order valence-corrected chi connectivity index (χ1v) is 22.5. The number of hydrogen-bond donors (Lipinski definition) is 0. The van der Waals surface area contributed by atoms with Crippen LogP contribution in [-0.4, -0.2) is 3.21 Å². The zero-order valence-corrected chi connectivity index (χ0v) is 37.8. The van der Waals surface area contributed by atoms with E-state index < -0.39 is 44.7 Å². The largest absolute Gasteiger partial charge is 1.00 e. The van der Waals surface area contributed by atoms with Gasteiger partial charge in [0, 0.05) is 0 Å². The van der Waals surface area contributed by atoms with E-state index in [0.29, 0.717) is 14.3 Å². The van der Waals surface area contributed by atoms with Crippen LogP contribution < -0.4 is 24.8 Å². The van der Waals surface area contributed by atoms with E-state index in [1.807, 2.05) is 0 Å². The first-order valence-electron chi connectivity index (χ1n) is 18.6. The van der Waals surface area contributed by atoms with Crippen LogP contribution in [0.1, 0.15) is 124 Å². The van der Waals surface area contributed by atoms with Crippen LogP contribution in [0.4, 0.5) is 26.3 Å². The van der Waals surface area contributed by atoms with Gasteiger partial charge < -0.3 is 24.8 Å². The Bertz CT molecular complexity index is 2110. The van der Waals surface area contributed by atoms with Gasteiger partial charge in [0.2, 0.25) is 0 Å². The quantitative estimate of drug-likeness (QED) is 0.182. The molecule has 0 saturated heterocycles. The fourth-order valence-corrected chi connectivity index (χ4v) is 18.2. The smallest absolute Gasteiger partial charge is 1.00 e. The van der Waals surface area contributed by atoms with Gasteiger partial charge in [-0.05, 0) is 0 Å². The summed E-state index contributed by atoms with van der Waals surface area (Å²) in [6, 6.07) is 23.8. The van der Waals surface area contributed by atoms with E-state index in [9.17, 15) is 26.3 Å². The molecule has 6 rings (SSSR count). The van der Waals surface area contributed by atoms with Crippen molar-refractivity contribution in [1.29, 1.82) is 0 Å². The van der Waals surface area contributed by atoms with E-state index in [2.05, 4.69) is 119 Å². The molecule has 0 bridgehead atoms. The van der Waals surface area contributed by atoms with Crippen molar-refractivity contribution in [3.05, 3.63) is 150 Å². The Morgan fingerprint density at radius 3 is 1.29 bits per heavy atom. The summed E-state index contributed by atoms with van der Waals surface area (Å²) < 4.78 is 88.7. The van der Waals surface area contributed by atoms with Gasteiger partial charge in [-0.25, -0.2) is 0 Å². The molecule has 0 amide bonds. The molecule has 0 radical (unpaired) electrons. The van der Waals surface area contributed by atoms with Crippen molar-refractivity contribution < 1.29 is 72.4 Å². The Balaban J connectivity index is 0.00000348. The average molecular weight is 891 g/mol. The number of hydrogen-bond acceptors (Lipinski definition) is 0. The molecular formula is C47H50Cl2F6Zr. The van der Waals surface area contributed by atoms with Gasteiger partial charge in [-0.15, -0.1) is 0 Å². The van der Waals surface area contributed by atoms with Gasteiger partial charge in [0.05, 0.1) is 0 Å². The SMILES string of the molecule is CC1=[C]([Zr+2](=[C](c2cccc(C(F)(F)F)c2)c2cccc(C(F)(F)F)c2)[CH]2c3cc(C(C)(C)C)ccc3-c3ccc(C(C)(C)C)cc32)C(C)C=C1C(C)(C)C.[Cl-].[Cl-]. The van der Waals surface area contributed by atoms with Gasteiger partial charge in [0.1, 0.15) is 0 Å². The fourth-order valence-electron chi connectivity index (χ4n) is 8.32. The molecule has 4 aromatic rings. The summed E-state index contributed by atoms with van der Waals surface area (Å²) in [4.78, 5) is 0. The first kappa shape index (κ1) is 46.0. The number of alkyl halides is 6. The van der Waals surface area contributed by atoms with Crippen LogP contribution in [0.5, 0.6) is 0 Å². The molecule has 2 aliphatic carbocycles. The van der Waals surface area contributed by atoms with E-state index in [4.69, 9.17) is 0 Å². The van der Waals surface area contributed by atoms with Crippen LogP contribution >= 0.6 is 0 Å². The third kappa shape index (κ3) is 8.81. The minimum atomic E-state index is -4.63. The molecule has 2 aliphatic rings. The molecule has 0 spiro atoms. The zero-order chi connectivity index (χ0) is 39.9. The molecule has 0 N–H and O–H groups in total. The third-order valence-corrected chi connectivity index (χ3v) is 20.2. The third-order valence-electron chi connectivity index (χ3n) is 11.0. The van der Waals surface area contributed by atoms with Gasteiger partial charge in [-0.3, -0.25) is 0 Å². The van der Waals surface area contributed by atoms with Crippen LogP contribution in [0.25, 0.3) is 11.1 Å². The van der Waals surface area contributed by atoms with Crippen molar-refractivity contribution >= 4 is 3.21 Å². The fraction of sp³-hybridized carbons (Fsp3) is 0.383. The maximum atomic E-state index is 14.5. The topological polar surface area (TPSA) is 0 Å². The summed E-state index contributed by atoms with van der Waals surface area (Å²) in [5, 5.41) is 0. The molecule has 0 aliphatic heterocycles. The summed E-state index contributed by atoms with van der Waals surface area (Å²) in [5.41, 5.74) is 7.41. The normalized spacial score (nSPS) is 16.0. The Morgan fingerprint density at radius 1 is 0.536 bits per heavy atom. The predicted octanol–water partition coefficient (Wildman–Crippen LogP) is 8.18. The Kier molecular flexibility index (Phi) is 13.0. The van der Waals surface area contributed by atoms with Crippen LogP contribution in [0.15, 0.2) is 105 Å². The monoisotopic (exact) mass is 888 g/mol. The Hall–Kier alpha value is -2.73. The molecule has 298 valence electrons. The molecule has 1 atom stereocenters. The van der Waals surface area contributed by atoms with Crippen molar-refractivity contribution in [1.82, 2.24) is 0 Å². The molecule has 56 heavy (non-hydrogen) atoms. The maximum absolute atomic E-state index is 14.5. The van der Waals surface area contributed by atoms with Crippen molar-refractivity contribution in [2.75, 3.05) is 0 Å². The number of benzene rings is 4. The first-order chi connectivity index (χ1) is 24.8. The van der Waals surface area contributed by atoms with E-state index in [1.165, 1.54) is 21.0 Å². The second kappa shape index (κ2) is 15.8. The summed E-state index contributed by atoms with van der Waals surface area (Å²) in [5.74, 6) is -0.0516. The average Bonchev–Trinajstić information content (AvgIpc) is 3.54. The molecule has 0 fully saturated rings. The number of rotatable bonds is 4. The summed E-state index contributed by atoms with van der Waals surface area (Å²) in [7, 11) is 0. The van der Waals surface area contributed by atoms with Gasteiger partial charge in [0.25, 0.3) is 0 Å². The molecular weight excluding hydrogens is 841 g/mol. The van der Waals surface area contributed by atoms with E-state index >= 15 is 0 Å². The van der Waals surface area contributed by atoms with Crippen LogP contribution in [0.3, 0.4) is 0 Å². The standard InChI is InChI=1S/C21H25.C15H8F6.C11H17.2ClH.Zr/c1-20(2,3)16-7-9-18-14(12-16)11-15-13-17(21(4,5)6)8-10-19(15)18;16-14(17,18)12-5-1-3-10(8-12)7-11-4-2-6-13(9-11)15(19,20)21;1-8-6-9(2)10(7-8)11(3,4)5;;;/h7-13H,1-6H3;1-6,8-9H;7-8H,1-5H3;2*1H;/q;;;;;+2/p-2. The Labute approximate surface area is 348 Å². The predicted molar refractivity (Wildman–Crippen MR) is 207 cm³/mol. The molecule has 9 heteroatoms. The van der Waals surface area contributed by atoms with Gasteiger partial charge in [0.15, 0.2) is 0 Å². The van der Waals surface area contributed by atoms with E-state index in [0.717, 1.165) is 63.2 Å². The van der Waals surface area contributed by atoms with E-state index in [1.54, 1.807) is 12.1 Å². The second-order valence-corrected chi connectivity index (χ2v) is 24.1. The number of fused-ring (bicyclic) bond motifs is 3. The molecule has 0 aromatic heterocycles. The van der Waals surface area contributed by atoms with Crippen molar-refractivity contribution in [3.8, 4) is 11.1 Å². The van der Waals surface area contributed by atoms with Crippen LogP contribution in [0, 0.1) is 11.3 Å². The van der Waals surface area contributed by atoms with Crippen LogP contribution in [0.2, 0.25) is 0 Å². The van der Waals surface area contributed by atoms with Gasteiger partial charge >= 0.3 is 326 Å². The maximum Gasteiger partial charge on any atom is -1.00 e. The number of allylic oxidation sites excluding steroid dienone is 4. The molecule has 0 saturated carbocycles. The molecule has 1 unspecified atom stereocenters. The summed E-state index contributed by atoms with van der Waals surface area (Å²) in [6.07, 6.45) is -6.98. The van der Waals surface area contributed by atoms with Crippen molar-refractivity contribution in [2.24, 2.45) is 11.3 Å². The van der Waals surface area contributed by atoms with Crippen LogP contribution in [-0.2, 0) is 44.4 Å².